The summed E-state index contributed by atoms with van der Waals surface area (Å²) >= 11 is 0. The molecule has 1 atom stereocenters. The second kappa shape index (κ2) is 10.0. The molecule has 1 saturated heterocycles. The van der Waals surface area contributed by atoms with Crippen molar-refractivity contribution in [2.24, 2.45) is 0 Å². The molecule has 2 heterocycles. The third kappa shape index (κ3) is 5.79. The molecule has 178 valence electrons. The molecular formula is C23H20F4N4O3. The second-order valence-corrected chi connectivity index (χ2v) is 7.48. The van der Waals surface area contributed by atoms with Gasteiger partial charge in [0.2, 0.25) is 5.91 Å². The van der Waals surface area contributed by atoms with E-state index >= 15 is 0 Å². The molecule has 11 heteroatoms. The number of alkyl halides is 3. The standard InChI is InChI=1S/C23H20F4N4O3/c24-17-3-1-16(21(11-17)23(25,26)27)2-8-22(32)30-9-10-33-20(12-30)13-34-19-6-4-18(5-7-19)31-15-28-14-29-31/h1-8,11,14-15,20H,9-10,12-13H2/b8-2+. The van der Waals surface area contributed by atoms with Gasteiger partial charge in [-0.1, -0.05) is 6.07 Å². The zero-order valence-electron chi connectivity index (χ0n) is 17.8. The molecule has 1 aliphatic heterocycles. The number of hydrogen-bond donors (Lipinski definition) is 0. The quantitative estimate of drug-likeness (QED) is 0.401. The summed E-state index contributed by atoms with van der Waals surface area (Å²) in [7, 11) is 0. The average Bonchev–Trinajstić information content (AvgIpc) is 3.37. The van der Waals surface area contributed by atoms with Gasteiger partial charge in [0.15, 0.2) is 0 Å². The first-order chi connectivity index (χ1) is 16.3. The number of carbonyl (C=O) groups excluding carboxylic acids is 1. The molecule has 0 bridgehead atoms. The fourth-order valence-corrected chi connectivity index (χ4v) is 3.43. The van der Waals surface area contributed by atoms with Crippen LogP contribution in [-0.4, -0.2) is 58.0 Å². The van der Waals surface area contributed by atoms with Crippen molar-refractivity contribution in [3.05, 3.63) is 78.1 Å². The molecule has 0 spiro atoms. The lowest BCUT2D eigenvalue weighted by Gasteiger charge is -2.32. The number of ether oxygens (including phenoxy) is 2. The largest absolute Gasteiger partial charge is 0.491 e. The van der Waals surface area contributed by atoms with Gasteiger partial charge in [-0.2, -0.15) is 18.3 Å². The lowest BCUT2D eigenvalue weighted by Crippen LogP contribution is -2.47. The van der Waals surface area contributed by atoms with Gasteiger partial charge in [0, 0.05) is 12.6 Å². The van der Waals surface area contributed by atoms with Crippen molar-refractivity contribution in [2.45, 2.75) is 12.3 Å². The van der Waals surface area contributed by atoms with Crippen LogP contribution in [0.1, 0.15) is 11.1 Å². The number of benzene rings is 2. The van der Waals surface area contributed by atoms with E-state index in [4.69, 9.17) is 9.47 Å². The molecule has 1 aliphatic rings. The van der Waals surface area contributed by atoms with E-state index in [1.807, 2.05) is 12.1 Å². The van der Waals surface area contributed by atoms with Crippen molar-refractivity contribution in [3.63, 3.8) is 0 Å². The average molecular weight is 476 g/mol. The van der Waals surface area contributed by atoms with Gasteiger partial charge in [0.05, 0.1) is 24.4 Å². The number of halogens is 4. The zero-order valence-corrected chi connectivity index (χ0v) is 17.8. The highest BCUT2D eigenvalue weighted by Crippen LogP contribution is 2.33. The molecule has 34 heavy (non-hydrogen) atoms. The third-order valence-corrected chi connectivity index (χ3v) is 5.13. The summed E-state index contributed by atoms with van der Waals surface area (Å²) in [5.41, 5.74) is -0.610. The Kier molecular flexibility index (Phi) is 6.92. The number of hydrogen-bond acceptors (Lipinski definition) is 5. The molecule has 7 nitrogen and oxygen atoms in total. The Hall–Kier alpha value is -3.73. The van der Waals surface area contributed by atoms with Crippen molar-refractivity contribution < 1.29 is 31.8 Å². The molecule has 1 aromatic heterocycles. The molecule has 1 amide bonds. The van der Waals surface area contributed by atoms with E-state index in [2.05, 4.69) is 10.1 Å². The zero-order chi connectivity index (χ0) is 24.1. The Morgan fingerprint density at radius 2 is 2.00 bits per heavy atom. The second-order valence-electron chi connectivity index (χ2n) is 7.48. The summed E-state index contributed by atoms with van der Waals surface area (Å²) < 4.78 is 65.7. The summed E-state index contributed by atoms with van der Waals surface area (Å²) in [5.74, 6) is -0.866. The molecule has 0 radical (unpaired) electrons. The Labute approximate surface area is 192 Å². The Bertz CT molecular complexity index is 1150. The normalized spacial score (nSPS) is 16.7. The van der Waals surface area contributed by atoms with Crippen LogP contribution in [0.3, 0.4) is 0 Å². The minimum absolute atomic E-state index is 0.187. The van der Waals surface area contributed by atoms with Gasteiger partial charge >= 0.3 is 6.18 Å². The van der Waals surface area contributed by atoms with Gasteiger partial charge in [-0.05, 0) is 48.0 Å². The minimum Gasteiger partial charge on any atom is -0.491 e. The SMILES string of the molecule is O=C(/C=C/c1ccc(F)cc1C(F)(F)F)N1CCOC(COc2ccc(-n3cncn3)cc2)C1. The maximum absolute atomic E-state index is 13.3. The Balaban J connectivity index is 1.33. The number of amides is 1. The van der Waals surface area contributed by atoms with Crippen LogP contribution in [0, 0.1) is 5.82 Å². The predicted octanol–water partition coefficient (Wildman–Crippen LogP) is 3.74. The molecular weight excluding hydrogens is 456 g/mol. The van der Waals surface area contributed by atoms with Crippen molar-refractivity contribution in [1.82, 2.24) is 19.7 Å². The topological polar surface area (TPSA) is 69.5 Å². The lowest BCUT2D eigenvalue weighted by atomic mass is 10.1. The number of aromatic nitrogens is 3. The molecule has 1 unspecified atom stereocenters. The summed E-state index contributed by atoms with van der Waals surface area (Å²) in [4.78, 5) is 17.9. The molecule has 3 aromatic rings. The van der Waals surface area contributed by atoms with Crippen LogP contribution in [0.15, 0.2) is 61.2 Å². The van der Waals surface area contributed by atoms with E-state index in [-0.39, 0.29) is 25.3 Å². The summed E-state index contributed by atoms with van der Waals surface area (Å²) in [6.07, 6.45) is -0.0396. The van der Waals surface area contributed by atoms with Gasteiger partial charge in [0.1, 0.15) is 36.9 Å². The van der Waals surface area contributed by atoms with Crippen LogP contribution < -0.4 is 4.74 Å². The highest BCUT2D eigenvalue weighted by atomic mass is 19.4. The highest BCUT2D eigenvalue weighted by molar-refractivity contribution is 5.92. The van der Waals surface area contributed by atoms with Gasteiger partial charge < -0.3 is 14.4 Å². The molecule has 0 saturated carbocycles. The first-order valence-corrected chi connectivity index (χ1v) is 10.3. The third-order valence-electron chi connectivity index (χ3n) is 5.13. The molecule has 1 fully saturated rings. The summed E-state index contributed by atoms with van der Waals surface area (Å²) in [6.45, 7) is 0.965. The Morgan fingerprint density at radius 3 is 2.71 bits per heavy atom. The first kappa shape index (κ1) is 23.4. The molecule has 0 aliphatic carbocycles. The van der Waals surface area contributed by atoms with Crippen LogP contribution in [0.4, 0.5) is 17.6 Å². The molecule has 0 N–H and O–H groups in total. The Morgan fingerprint density at radius 1 is 1.21 bits per heavy atom. The van der Waals surface area contributed by atoms with Gasteiger partial charge in [-0.3, -0.25) is 4.79 Å². The van der Waals surface area contributed by atoms with E-state index in [0.29, 0.717) is 18.4 Å². The van der Waals surface area contributed by atoms with Crippen molar-refractivity contribution in [1.29, 1.82) is 0 Å². The van der Waals surface area contributed by atoms with Crippen molar-refractivity contribution in [2.75, 3.05) is 26.3 Å². The van der Waals surface area contributed by atoms with Crippen LogP contribution in [0.2, 0.25) is 0 Å². The summed E-state index contributed by atoms with van der Waals surface area (Å²) in [6, 6.07) is 9.49. The minimum atomic E-state index is -4.74. The first-order valence-electron chi connectivity index (χ1n) is 10.3. The number of rotatable bonds is 6. The molecule has 2 aromatic carbocycles. The fourth-order valence-electron chi connectivity index (χ4n) is 3.43. The van der Waals surface area contributed by atoms with Crippen molar-refractivity contribution in [3.8, 4) is 11.4 Å². The van der Waals surface area contributed by atoms with Crippen LogP contribution in [0.5, 0.6) is 5.75 Å². The van der Waals surface area contributed by atoms with E-state index in [1.54, 1.807) is 23.1 Å². The number of morpholine rings is 1. The van der Waals surface area contributed by atoms with E-state index in [1.165, 1.54) is 11.2 Å². The van der Waals surface area contributed by atoms with Crippen LogP contribution in [0.25, 0.3) is 11.8 Å². The summed E-state index contributed by atoms with van der Waals surface area (Å²) in [5, 5.41) is 4.04. The fraction of sp³-hybridized carbons (Fsp3) is 0.261. The number of carbonyl (C=O) groups is 1. The van der Waals surface area contributed by atoms with E-state index in [0.717, 1.165) is 30.0 Å². The maximum Gasteiger partial charge on any atom is 0.417 e. The van der Waals surface area contributed by atoms with E-state index in [9.17, 15) is 22.4 Å². The highest BCUT2D eigenvalue weighted by Gasteiger charge is 2.33. The van der Waals surface area contributed by atoms with E-state index < -0.39 is 29.6 Å². The monoisotopic (exact) mass is 476 g/mol. The van der Waals surface area contributed by atoms with Crippen molar-refractivity contribution >= 4 is 12.0 Å². The smallest absolute Gasteiger partial charge is 0.417 e. The lowest BCUT2D eigenvalue weighted by molar-refractivity contribution is -0.138. The van der Waals surface area contributed by atoms with Gasteiger partial charge in [-0.25, -0.2) is 14.1 Å². The number of nitrogens with zero attached hydrogens (tertiary/aromatic N) is 4. The molecule has 4 rings (SSSR count). The van der Waals surface area contributed by atoms with Crippen LogP contribution in [-0.2, 0) is 15.7 Å². The maximum atomic E-state index is 13.3. The van der Waals surface area contributed by atoms with Gasteiger partial charge in [-0.15, -0.1) is 0 Å². The predicted molar refractivity (Wildman–Crippen MR) is 114 cm³/mol. The van der Waals surface area contributed by atoms with Gasteiger partial charge in [0.25, 0.3) is 0 Å². The van der Waals surface area contributed by atoms with Crippen LogP contribution >= 0.6 is 0 Å².